The molecule has 2 aromatic carbocycles. The number of ether oxygens (including phenoxy) is 2. The van der Waals surface area contributed by atoms with Crippen molar-refractivity contribution in [2.24, 2.45) is 0 Å². The van der Waals surface area contributed by atoms with Gasteiger partial charge in [-0.15, -0.1) is 0 Å². The smallest absolute Gasteiger partial charge is 0.347 e. The predicted octanol–water partition coefficient (Wildman–Crippen LogP) is 2.72. The Balaban J connectivity index is 2.24. The van der Waals surface area contributed by atoms with E-state index in [1.165, 1.54) is 37.5 Å². The van der Waals surface area contributed by atoms with E-state index in [0.29, 0.717) is 5.56 Å². The van der Waals surface area contributed by atoms with Crippen LogP contribution in [-0.4, -0.2) is 29.3 Å². The SMILES string of the molecule is COc1cc(C=CC(=O)O)ccc1OC(=O)c1ccccc1O. The highest BCUT2D eigenvalue weighted by Crippen LogP contribution is 2.30. The van der Waals surface area contributed by atoms with Gasteiger partial charge in [0.15, 0.2) is 11.5 Å². The highest BCUT2D eigenvalue weighted by molar-refractivity contribution is 5.94. The molecule has 0 bridgehead atoms. The molecule has 0 spiro atoms. The van der Waals surface area contributed by atoms with Crippen LogP contribution in [0.1, 0.15) is 15.9 Å². The molecule has 0 heterocycles. The molecular formula is C17H14O6. The van der Waals surface area contributed by atoms with Crippen LogP contribution in [0.25, 0.3) is 6.08 Å². The lowest BCUT2D eigenvalue weighted by atomic mass is 10.2. The average molecular weight is 314 g/mol. The van der Waals surface area contributed by atoms with Gasteiger partial charge >= 0.3 is 11.9 Å². The molecule has 0 aliphatic carbocycles. The van der Waals surface area contributed by atoms with Crippen molar-refractivity contribution in [1.29, 1.82) is 0 Å². The number of phenols is 1. The van der Waals surface area contributed by atoms with Crippen LogP contribution in [0.4, 0.5) is 0 Å². The molecule has 6 heteroatoms. The van der Waals surface area contributed by atoms with E-state index in [2.05, 4.69) is 0 Å². The van der Waals surface area contributed by atoms with Crippen LogP contribution >= 0.6 is 0 Å². The Morgan fingerprint density at radius 3 is 2.48 bits per heavy atom. The number of benzene rings is 2. The van der Waals surface area contributed by atoms with Gasteiger partial charge in [0.2, 0.25) is 0 Å². The number of rotatable bonds is 5. The summed E-state index contributed by atoms with van der Waals surface area (Å²) in [6, 6.07) is 10.6. The van der Waals surface area contributed by atoms with Crippen LogP contribution in [0.15, 0.2) is 48.5 Å². The summed E-state index contributed by atoms with van der Waals surface area (Å²) in [5, 5.41) is 18.3. The van der Waals surface area contributed by atoms with Gasteiger partial charge in [-0.05, 0) is 35.9 Å². The van der Waals surface area contributed by atoms with Crippen molar-refractivity contribution in [3.63, 3.8) is 0 Å². The maximum Gasteiger partial charge on any atom is 0.347 e. The van der Waals surface area contributed by atoms with E-state index in [9.17, 15) is 14.7 Å². The summed E-state index contributed by atoms with van der Waals surface area (Å²) in [7, 11) is 1.40. The number of aliphatic carboxylic acids is 1. The predicted molar refractivity (Wildman–Crippen MR) is 82.7 cm³/mol. The zero-order valence-corrected chi connectivity index (χ0v) is 12.2. The first-order valence-corrected chi connectivity index (χ1v) is 6.60. The average Bonchev–Trinajstić information content (AvgIpc) is 2.54. The molecule has 0 atom stereocenters. The number of para-hydroxylation sites is 1. The van der Waals surface area contributed by atoms with Crippen molar-refractivity contribution in [1.82, 2.24) is 0 Å². The molecule has 2 aromatic rings. The van der Waals surface area contributed by atoms with Gasteiger partial charge in [-0.1, -0.05) is 18.2 Å². The van der Waals surface area contributed by atoms with Gasteiger partial charge in [-0.2, -0.15) is 0 Å². The molecule has 6 nitrogen and oxygen atoms in total. The molecule has 0 saturated heterocycles. The fourth-order valence-electron chi connectivity index (χ4n) is 1.84. The van der Waals surface area contributed by atoms with Gasteiger partial charge in [0.25, 0.3) is 0 Å². The lowest BCUT2D eigenvalue weighted by Gasteiger charge is -2.10. The zero-order chi connectivity index (χ0) is 16.8. The lowest BCUT2D eigenvalue weighted by molar-refractivity contribution is -0.131. The van der Waals surface area contributed by atoms with Crippen LogP contribution in [0.5, 0.6) is 17.2 Å². The van der Waals surface area contributed by atoms with E-state index >= 15 is 0 Å². The highest BCUT2D eigenvalue weighted by atomic mass is 16.6. The summed E-state index contributed by atoms with van der Waals surface area (Å²) >= 11 is 0. The standard InChI is InChI=1S/C17H14O6/c1-22-15-10-11(7-9-16(19)20)6-8-14(15)23-17(21)12-4-2-3-5-13(12)18/h2-10,18H,1H3,(H,19,20). The molecular weight excluding hydrogens is 300 g/mol. The van der Waals surface area contributed by atoms with Crippen LogP contribution in [0.3, 0.4) is 0 Å². The number of carboxylic acids is 1. The third kappa shape index (κ3) is 4.10. The Morgan fingerprint density at radius 2 is 1.83 bits per heavy atom. The summed E-state index contributed by atoms with van der Waals surface area (Å²) in [6.07, 6.45) is 2.38. The summed E-state index contributed by atoms with van der Waals surface area (Å²) < 4.78 is 10.4. The Bertz CT molecular complexity index is 763. The molecule has 0 fully saturated rings. The van der Waals surface area contributed by atoms with E-state index in [0.717, 1.165) is 6.08 Å². The number of carbonyl (C=O) groups excluding carboxylic acids is 1. The number of hydrogen-bond donors (Lipinski definition) is 2. The fourth-order valence-corrected chi connectivity index (χ4v) is 1.84. The van der Waals surface area contributed by atoms with Crippen molar-refractivity contribution in [3.05, 3.63) is 59.7 Å². The number of carboxylic acid groups (broad SMARTS) is 1. The topological polar surface area (TPSA) is 93.1 Å². The molecule has 0 amide bonds. The molecule has 0 aromatic heterocycles. The third-order valence-corrected chi connectivity index (χ3v) is 2.93. The van der Waals surface area contributed by atoms with Crippen LogP contribution in [0, 0.1) is 0 Å². The Labute approximate surface area is 132 Å². The monoisotopic (exact) mass is 314 g/mol. The number of esters is 1. The number of methoxy groups -OCH3 is 1. The molecule has 2 N–H and O–H groups in total. The largest absolute Gasteiger partial charge is 0.507 e. The molecule has 118 valence electrons. The quantitative estimate of drug-likeness (QED) is 0.501. The van der Waals surface area contributed by atoms with Crippen LogP contribution in [-0.2, 0) is 4.79 Å². The summed E-state index contributed by atoms with van der Waals surface area (Å²) in [5.41, 5.74) is 0.607. The first-order valence-electron chi connectivity index (χ1n) is 6.60. The minimum atomic E-state index is -1.07. The highest BCUT2D eigenvalue weighted by Gasteiger charge is 2.15. The Hall–Kier alpha value is -3.28. The molecule has 0 unspecified atom stereocenters. The first kappa shape index (κ1) is 16.1. The summed E-state index contributed by atoms with van der Waals surface area (Å²) in [5.74, 6) is -1.55. The fraction of sp³-hybridized carbons (Fsp3) is 0.0588. The van der Waals surface area contributed by atoms with Crippen molar-refractivity contribution in [2.75, 3.05) is 7.11 Å². The van der Waals surface area contributed by atoms with Gasteiger partial charge in [0.05, 0.1) is 7.11 Å². The van der Waals surface area contributed by atoms with Crippen LogP contribution in [0.2, 0.25) is 0 Å². The van der Waals surface area contributed by atoms with Gasteiger partial charge < -0.3 is 19.7 Å². The lowest BCUT2D eigenvalue weighted by Crippen LogP contribution is -2.09. The van der Waals surface area contributed by atoms with Crippen molar-refractivity contribution < 1.29 is 29.3 Å². The van der Waals surface area contributed by atoms with E-state index in [4.69, 9.17) is 14.6 Å². The molecule has 0 aliphatic rings. The summed E-state index contributed by atoms with van der Waals surface area (Å²) in [4.78, 5) is 22.6. The molecule has 0 saturated carbocycles. The van der Waals surface area contributed by atoms with Crippen molar-refractivity contribution in [3.8, 4) is 17.2 Å². The van der Waals surface area contributed by atoms with Crippen LogP contribution < -0.4 is 9.47 Å². The minimum absolute atomic E-state index is 0.0319. The first-order chi connectivity index (χ1) is 11.0. The zero-order valence-electron chi connectivity index (χ0n) is 12.2. The molecule has 0 radical (unpaired) electrons. The maximum absolute atomic E-state index is 12.1. The van der Waals surface area contributed by atoms with E-state index in [1.54, 1.807) is 18.2 Å². The van der Waals surface area contributed by atoms with Crippen molar-refractivity contribution >= 4 is 18.0 Å². The number of aromatic hydroxyl groups is 1. The second-order valence-corrected chi connectivity index (χ2v) is 4.49. The minimum Gasteiger partial charge on any atom is -0.507 e. The normalized spacial score (nSPS) is 10.5. The second kappa shape index (κ2) is 7.13. The van der Waals surface area contributed by atoms with Crippen molar-refractivity contribution in [2.45, 2.75) is 0 Å². The number of hydrogen-bond acceptors (Lipinski definition) is 5. The maximum atomic E-state index is 12.1. The van der Waals surface area contributed by atoms with E-state index in [-0.39, 0.29) is 22.8 Å². The Morgan fingerprint density at radius 1 is 1.09 bits per heavy atom. The molecule has 0 aliphatic heterocycles. The second-order valence-electron chi connectivity index (χ2n) is 4.49. The Kier molecular flexibility index (Phi) is 4.99. The van der Waals surface area contributed by atoms with Gasteiger partial charge in [0, 0.05) is 6.08 Å². The number of phenolic OH excluding ortho intramolecular Hbond substituents is 1. The van der Waals surface area contributed by atoms with Gasteiger partial charge in [0.1, 0.15) is 11.3 Å². The summed E-state index contributed by atoms with van der Waals surface area (Å²) in [6.45, 7) is 0. The van der Waals surface area contributed by atoms with Gasteiger partial charge in [-0.25, -0.2) is 9.59 Å². The molecule has 2 rings (SSSR count). The van der Waals surface area contributed by atoms with Gasteiger partial charge in [-0.3, -0.25) is 0 Å². The molecule has 23 heavy (non-hydrogen) atoms. The van der Waals surface area contributed by atoms with E-state index < -0.39 is 11.9 Å². The third-order valence-electron chi connectivity index (χ3n) is 2.93. The van der Waals surface area contributed by atoms with E-state index in [1.807, 2.05) is 0 Å². The number of carbonyl (C=O) groups is 2.